The molecule has 0 radical (unpaired) electrons. The summed E-state index contributed by atoms with van der Waals surface area (Å²) in [4.78, 5) is 0. The Bertz CT molecular complexity index is 265. The standard InChI is InChI=1S/C5H4BrF3N2/c1-11-3(5(7,8)9)2-4(6)10-11/h2H,1H3. The first-order valence-electron chi connectivity index (χ1n) is 2.68. The molecule has 11 heavy (non-hydrogen) atoms. The molecule has 62 valence electrons. The van der Waals surface area contributed by atoms with E-state index in [9.17, 15) is 13.2 Å². The molecule has 0 amide bonds. The molecular weight excluding hydrogens is 225 g/mol. The third kappa shape index (κ3) is 1.74. The lowest BCUT2D eigenvalue weighted by Gasteiger charge is -2.04. The van der Waals surface area contributed by atoms with E-state index in [2.05, 4.69) is 21.0 Å². The molecule has 6 heteroatoms. The van der Waals surface area contributed by atoms with Crippen molar-refractivity contribution in [3.05, 3.63) is 16.4 Å². The van der Waals surface area contributed by atoms with Gasteiger partial charge in [0.2, 0.25) is 0 Å². The van der Waals surface area contributed by atoms with Crippen molar-refractivity contribution in [2.75, 3.05) is 0 Å². The predicted molar refractivity (Wildman–Crippen MR) is 35.9 cm³/mol. The summed E-state index contributed by atoms with van der Waals surface area (Å²) in [6.07, 6.45) is -4.33. The van der Waals surface area contributed by atoms with Crippen molar-refractivity contribution >= 4 is 15.9 Å². The molecule has 0 spiro atoms. The van der Waals surface area contributed by atoms with Gasteiger partial charge in [0, 0.05) is 13.1 Å². The van der Waals surface area contributed by atoms with Crippen molar-refractivity contribution in [1.82, 2.24) is 9.78 Å². The molecule has 1 aromatic rings. The fraction of sp³-hybridized carbons (Fsp3) is 0.400. The molecule has 1 heterocycles. The van der Waals surface area contributed by atoms with E-state index in [1.54, 1.807) is 0 Å². The maximum Gasteiger partial charge on any atom is 0.433 e. The highest BCUT2D eigenvalue weighted by molar-refractivity contribution is 9.10. The second kappa shape index (κ2) is 2.51. The lowest BCUT2D eigenvalue weighted by atomic mass is 10.4. The van der Waals surface area contributed by atoms with Crippen molar-refractivity contribution in [3.8, 4) is 0 Å². The molecule has 1 rings (SSSR count). The van der Waals surface area contributed by atoms with Crippen molar-refractivity contribution in [2.45, 2.75) is 6.18 Å². The van der Waals surface area contributed by atoms with Crippen LogP contribution in [0.2, 0.25) is 0 Å². The Morgan fingerprint density at radius 3 is 2.27 bits per heavy atom. The second-order valence-electron chi connectivity index (χ2n) is 1.97. The molecular formula is C5H4BrF3N2. The summed E-state index contributed by atoms with van der Waals surface area (Å²) in [7, 11) is 1.24. The largest absolute Gasteiger partial charge is 0.433 e. The predicted octanol–water partition coefficient (Wildman–Crippen LogP) is 2.20. The van der Waals surface area contributed by atoms with E-state index >= 15 is 0 Å². The van der Waals surface area contributed by atoms with Crippen molar-refractivity contribution in [3.63, 3.8) is 0 Å². The summed E-state index contributed by atoms with van der Waals surface area (Å²) in [5, 5.41) is 3.49. The Labute approximate surface area is 69.1 Å². The van der Waals surface area contributed by atoms with Gasteiger partial charge in [-0.15, -0.1) is 0 Å². The number of hydrogen-bond donors (Lipinski definition) is 0. The number of hydrogen-bond acceptors (Lipinski definition) is 1. The number of aryl methyl sites for hydroxylation is 1. The summed E-state index contributed by atoms with van der Waals surface area (Å²) in [5.74, 6) is 0. The summed E-state index contributed by atoms with van der Waals surface area (Å²) in [6, 6.07) is 0.931. The van der Waals surface area contributed by atoms with Gasteiger partial charge in [0.05, 0.1) is 0 Å². The Balaban J connectivity index is 3.13. The smallest absolute Gasteiger partial charge is 0.262 e. The zero-order chi connectivity index (χ0) is 8.65. The van der Waals surface area contributed by atoms with E-state index in [1.807, 2.05) is 0 Å². The normalized spacial score (nSPS) is 12.1. The quantitative estimate of drug-likeness (QED) is 0.666. The first-order valence-corrected chi connectivity index (χ1v) is 3.47. The Hall–Kier alpha value is -0.520. The van der Waals surface area contributed by atoms with Gasteiger partial charge in [-0.1, -0.05) is 0 Å². The van der Waals surface area contributed by atoms with E-state index in [-0.39, 0.29) is 4.60 Å². The van der Waals surface area contributed by atoms with E-state index in [0.717, 1.165) is 10.7 Å². The minimum Gasteiger partial charge on any atom is -0.262 e. The Morgan fingerprint density at radius 2 is 2.09 bits per heavy atom. The molecule has 0 bridgehead atoms. The fourth-order valence-corrected chi connectivity index (χ4v) is 1.15. The molecule has 0 saturated heterocycles. The van der Waals surface area contributed by atoms with E-state index in [4.69, 9.17) is 0 Å². The van der Waals surface area contributed by atoms with Crippen LogP contribution in [0, 0.1) is 0 Å². The van der Waals surface area contributed by atoms with Gasteiger partial charge in [0.15, 0.2) is 0 Å². The highest BCUT2D eigenvalue weighted by Gasteiger charge is 2.34. The van der Waals surface area contributed by atoms with Crippen LogP contribution in [-0.2, 0) is 13.2 Å². The molecule has 0 atom stereocenters. The molecule has 0 saturated carbocycles. The lowest BCUT2D eigenvalue weighted by molar-refractivity contribution is -0.143. The minimum absolute atomic E-state index is 0.187. The fourth-order valence-electron chi connectivity index (χ4n) is 0.698. The highest BCUT2D eigenvalue weighted by Crippen LogP contribution is 2.30. The van der Waals surface area contributed by atoms with E-state index < -0.39 is 11.9 Å². The zero-order valence-electron chi connectivity index (χ0n) is 5.48. The van der Waals surface area contributed by atoms with Gasteiger partial charge in [-0.25, -0.2) is 0 Å². The van der Waals surface area contributed by atoms with E-state index in [1.165, 1.54) is 7.05 Å². The van der Waals surface area contributed by atoms with Gasteiger partial charge in [0.25, 0.3) is 0 Å². The van der Waals surface area contributed by atoms with Gasteiger partial charge >= 0.3 is 6.18 Å². The summed E-state index contributed by atoms with van der Waals surface area (Å²) < 4.78 is 36.9. The van der Waals surface area contributed by atoms with Crippen LogP contribution in [0.3, 0.4) is 0 Å². The Morgan fingerprint density at radius 1 is 1.55 bits per heavy atom. The van der Waals surface area contributed by atoms with Crippen LogP contribution in [0.1, 0.15) is 5.69 Å². The number of aromatic nitrogens is 2. The van der Waals surface area contributed by atoms with Gasteiger partial charge in [-0.2, -0.15) is 18.3 Å². The third-order valence-corrected chi connectivity index (χ3v) is 1.53. The van der Waals surface area contributed by atoms with Crippen LogP contribution in [-0.4, -0.2) is 9.78 Å². The highest BCUT2D eigenvalue weighted by atomic mass is 79.9. The molecule has 0 aliphatic rings. The number of rotatable bonds is 0. The zero-order valence-corrected chi connectivity index (χ0v) is 7.07. The van der Waals surface area contributed by atoms with Crippen molar-refractivity contribution < 1.29 is 13.2 Å². The topological polar surface area (TPSA) is 17.8 Å². The number of halogens is 4. The van der Waals surface area contributed by atoms with Crippen LogP contribution in [0.4, 0.5) is 13.2 Å². The molecule has 0 aliphatic carbocycles. The van der Waals surface area contributed by atoms with Crippen LogP contribution in [0.5, 0.6) is 0 Å². The van der Waals surface area contributed by atoms with Gasteiger partial charge in [-0.3, -0.25) is 4.68 Å². The minimum atomic E-state index is -4.33. The second-order valence-corrected chi connectivity index (χ2v) is 2.79. The van der Waals surface area contributed by atoms with Crippen LogP contribution >= 0.6 is 15.9 Å². The molecule has 0 N–H and O–H groups in total. The monoisotopic (exact) mass is 228 g/mol. The average Bonchev–Trinajstić information content (AvgIpc) is 2.08. The first kappa shape index (κ1) is 8.58. The molecule has 0 unspecified atom stereocenters. The average molecular weight is 229 g/mol. The SMILES string of the molecule is Cn1nc(Br)cc1C(F)(F)F. The molecule has 2 nitrogen and oxygen atoms in total. The lowest BCUT2D eigenvalue weighted by Crippen LogP contribution is -2.11. The molecule has 0 aliphatic heterocycles. The van der Waals surface area contributed by atoms with Crippen LogP contribution in [0.15, 0.2) is 10.7 Å². The summed E-state index contributed by atoms with van der Waals surface area (Å²) in [5.41, 5.74) is -0.760. The number of alkyl halides is 3. The number of nitrogens with zero attached hydrogens (tertiary/aromatic N) is 2. The first-order chi connectivity index (χ1) is 4.91. The molecule has 0 aromatic carbocycles. The Kier molecular flexibility index (Phi) is 1.96. The van der Waals surface area contributed by atoms with Crippen LogP contribution < -0.4 is 0 Å². The van der Waals surface area contributed by atoms with Crippen LogP contribution in [0.25, 0.3) is 0 Å². The van der Waals surface area contributed by atoms with Gasteiger partial charge in [0.1, 0.15) is 10.3 Å². The maximum absolute atomic E-state index is 12.0. The summed E-state index contributed by atoms with van der Waals surface area (Å²) in [6.45, 7) is 0. The van der Waals surface area contributed by atoms with Gasteiger partial charge < -0.3 is 0 Å². The summed E-state index contributed by atoms with van der Waals surface area (Å²) >= 11 is 2.84. The van der Waals surface area contributed by atoms with Gasteiger partial charge in [-0.05, 0) is 15.9 Å². The molecule has 1 aromatic heterocycles. The third-order valence-electron chi connectivity index (χ3n) is 1.14. The van der Waals surface area contributed by atoms with Crippen molar-refractivity contribution in [2.24, 2.45) is 7.05 Å². The van der Waals surface area contributed by atoms with Crippen molar-refractivity contribution in [1.29, 1.82) is 0 Å². The molecule has 0 fully saturated rings. The van der Waals surface area contributed by atoms with E-state index in [0.29, 0.717) is 0 Å². The maximum atomic E-state index is 12.0.